The smallest absolute Gasteiger partial charge is 0.336 e. The summed E-state index contributed by atoms with van der Waals surface area (Å²) in [6.07, 6.45) is 0.613. The molecule has 0 fully saturated rings. The van der Waals surface area contributed by atoms with Crippen molar-refractivity contribution in [3.63, 3.8) is 0 Å². The van der Waals surface area contributed by atoms with E-state index in [2.05, 4.69) is 22.6 Å². The Morgan fingerprint density at radius 3 is 1.62 bits per heavy atom. The molecule has 120 valence electrons. The summed E-state index contributed by atoms with van der Waals surface area (Å²) < 4.78 is 31.5. The van der Waals surface area contributed by atoms with Crippen LogP contribution in [0.2, 0.25) is 0 Å². The van der Waals surface area contributed by atoms with Crippen LogP contribution in [0.5, 0.6) is 0 Å². The number of rotatable bonds is 10. The average molecular weight is 320 g/mol. The highest BCUT2D eigenvalue weighted by Gasteiger charge is 2.25. The van der Waals surface area contributed by atoms with Gasteiger partial charge in [0.1, 0.15) is 0 Å². The first-order valence-electron chi connectivity index (χ1n) is 6.25. The normalized spacial score (nSPS) is 10.8. The first-order valence-corrected chi connectivity index (χ1v) is 7.98. The van der Waals surface area contributed by atoms with Crippen LogP contribution in [0.4, 0.5) is 0 Å². The Hall–Kier alpha value is -1.43. The molecule has 0 aromatic carbocycles. The average Bonchev–Trinajstić information content (AvgIpc) is 2.38. The van der Waals surface area contributed by atoms with Gasteiger partial charge in [0.25, 0.3) is 0 Å². The highest BCUT2D eigenvalue weighted by molar-refractivity contribution is 7.53. The minimum Gasteiger partial charge on any atom is -0.435 e. The summed E-state index contributed by atoms with van der Waals surface area (Å²) in [6, 6.07) is 0. The maximum atomic E-state index is 12.2. The number of esters is 2. The van der Waals surface area contributed by atoms with Crippen LogP contribution in [0.1, 0.15) is 27.2 Å². The highest BCUT2D eigenvalue weighted by Crippen LogP contribution is 2.48. The van der Waals surface area contributed by atoms with E-state index < -0.39 is 33.1 Å². The number of ether oxygens (including phenoxy) is 2. The number of carbonyl (C=O) groups excluding carboxylic acids is 2. The van der Waals surface area contributed by atoms with Crippen molar-refractivity contribution in [1.82, 2.24) is 0 Å². The Kier molecular flexibility index (Phi) is 8.85. The summed E-state index contributed by atoms with van der Waals surface area (Å²) in [4.78, 5) is 22.3. The lowest BCUT2D eigenvalue weighted by Gasteiger charge is -2.17. The quantitative estimate of drug-likeness (QED) is 0.265. The molecule has 0 aromatic rings. The lowest BCUT2D eigenvalue weighted by Crippen LogP contribution is -2.12. The van der Waals surface area contributed by atoms with E-state index in [1.54, 1.807) is 6.92 Å². The van der Waals surface area contributed by atoms with Crippen molar-refractivity contribution < 1.29 is 32.7 Å². The maximum Gasteiger partial charge on any atom is 0.336 e. The monoisotopic (exact) mass is 320 g/mol. The summed E-state index contributed by atoms with van der Waals surface area (Å²) in [5.41, 5.74) is 0.389. The zero-order valence-electron chi connectivity index (χ0n) is 12.5. The van der Waals surface area contributed by atoms with E-state index >= 15 is 0 Å². The van der Waals surface area contributed by atoms with E-state index in [1.165, 1.54) is 13.8 Å². The van der Waals surface area contributed by atoms with Crippen molar-refractivity contribution in [3.05, 3.63) is 24.3 Å². The van der Waals surface area contributed by atoms with Crippen molar-refractivity contribution in [3.8, 4) is 0 Å². The zero-order valence-corrected chi connectivity index (χ0v) is 13.4. The van der Waals surface area contributed by atoms with E-state index in [0.29, 0.717) is 6.42 Å². The fourth-order valence-corrected chi connectivity index (χ4v) is 2.31. The lowest BCUT2D eigenvalue weighted by atomic mass is 10.4. The van der Waals surface area contributed by atoms with Crippen molar-refractivity contribution >= 4 is 19.5 Å². The van der Waals surface area contributed by atoms with Crippen molar-refractivity contribution in [2.24, 2.45) is 0 Å². The van der Waals surface area contributed by atoms with Gasteiger partial charge >= 0.3 is 19.5 Å². The van der Waals surface area contributed by atoms with Gasteiger partial charge in [-0.3, -0.25) is 13.6 Å². The number of hydrogen-bond acceptors (Lipinski definition) is 7. The molecule has 0 amide bonds. The second-order valence-corrected chi connectivity index (χ2v) is 6.44. The van der Waals surface area contributed by atoms with Gasteiger partial charge in [-0.05, 0) is 20.3 Å². The standard InChI is InChI=1S/C13H21O7P/c1-6-7-21(16,19-8-17-12(14)10(2)3)20-9-18-13(15)11(4)5/h2,4,6-9H2,1,3,5H3. The number of hydrogen-bond donors (Lipinski definition) is 0. The van der Waals surface area contributed by atoms with E-state index in [-0.39, 0.29) is 17.3 Å². The predicted molar refractivity (Wildman–Crippen MR) is 76.5 cm³/mol. The summed E-state index contributed by atoms with van der Waals surface area (Å²) >= 11 is 0. The molecule has 0 heterocycles. The minimum absolute atomic E-state index is 0.0994. The van der Waals surface area contributed by atoms with Crippen LogP contribution < -0.4 is 0 Å². The van der Waals surface area contributed by atoms with Gasteiger partial charge in [0.2, 0.25) is 13.6 Å². The van der Waals surface area contributed by atoms with Gasteiger partial charge < -0.3 is 9.47 Å². The van der Waals surface area contributed by atoms with Crippen LogP contribution in [-0.2, 0) is 32.7 Å². The largest absolute Gasteiger partial charge is 0.435 e. The van der Waals surface area contributed by atoms with Crippen LogP contribution in [0.15, 0.2) is 24.3 Å². The summed E-state index contributed by atoms with van der Waals surface area (Å²) in [6.45, 7) is 10.5. The first kappa shape index (κ1) is 19.6. The van der Waals surface area contributed by atoms with Crippen LogP contribution in [-0.4, -0.2) is 31.7 Å². The van der Waals surface area contributed by atoms with Crippen LogP contribution >= 0.6 is 7.60 Å². The zero-order chi connectivity index (χ0) is 16.5. The van der Waals surface area contributed by atoms with Crippen LogP contribution in [0.3, 0.4) is 0 Å². The molecule has 0 radical (unpaired) electrons. The van der Waals surface area contributed by atoms with E-state index in [1.807, 2.05) is 0 Å². The third kappa shape index (κ3) is 8.45. The SMILES string of the molecule is C=C(C)C(=O)OCOP(=O)(CCC)OCOC(=O)C(=C)C. The molecule has 0 bridgehead atoms. The molecule has 0 atom stereocenters. The highest BCUT2D eigenvalue weighted by atomic mass is 31.2. The molecule has 0 saturated heterocycles. The van der Waals surface area contributed by atoms with E-state index in [4.69, 9.17) is 9.05 Å². The van der Waals surface area contributed by atoms with Crippen molar-refractivity contribution in [2.75, 3.05) is 19.7 Å². The Morgan fingerprint density at radius 2 is 1.33 bits per heavy atom. The Labute approximate surface area is 124 Å². The predicted octanol–water partition coefficient (Wildman–Crippen LogP) is 2.78. The first-order chi connectivity index (χ1) is 9.72. The molecule has 0 aliphatic heterocycles. The van der Waals surface area contributed by atoms with Gasteiger partial charge in [-0.15, -0.1) is 0 Å². The molecule has 21 heavy (non-hydrogen) atoms. The third-order valence-electron chi connectivity index (χ3n) is 2.07. The fourth-order valence-electron chi connectivity index (χ4n) is 1.01. The van der Waals surface area contributed by atoms with Crippen molar-refractivity contribution in [2.45, 2.75) is 27.2 Å². The second-order valence-electron chi connectivity index (χ2n) is 4.25. The van der Waals surface area contributed by atoms with Gasteiger partial charge in [-0.1, -0.05) is 20.1 Å². The summed E-state index contributed by atoms with van der Waals surface area (Å²) in [7, 11) is -3.51. The van der Waals surface area contributed by atoms with Gasteiger partial charge in [-0.25, -0.2) is 9.59 Å². The second kappa shape index (κ2) is 9.50. The minimum atomic E-state index is -3.51. The molecule has 0 aliphatic rings. The summed E-state index contributed by atoms with van der Waals surface area (Å²) in [5.74, 6) is -1.32. The van der Waals surface area contributed by atoms with E-state index in [0.717, 1.165) is 0 Å². The molecule has 0 aliphatic carbocycles. The lowest BCUT2D eigenvalue weighted by molar-refractivity contribution is -0.147. The Bertz CT molecular complexity index is 419. The molecule has 0 rings (SSSR count). The molecule has 8 heteroatoms. The molecule has 7 nitrogen and oxygen atoms in total. The van der Waals surface area contributed by atoms with Crippen molar-refractivity contribution in [1.29, 1.82) is 0 Å². The number of carbonyl (C=O) groups is 2. The van der Waals surface area contributed by atoms with Crippen LogP contribution in [0.25, 0.3) is 0 Å². The fraction of sp³-hybridized carbons (Fsp3) is 0.538. The molecule has 0 N–H and O–H groups in total. The van der Waals surface area contributed by atoms with Gasteiger partial charge in [-0.2, -0.15) is 0 Å². The Morgan fingerprint density at radius 1 is 0.952 bits per heavy atom. The molecule has 0 spiro atoms. The molecule has 0 aromatic heterocycles. The third-order valence-corrected chi connectivity index (χ3v) is 4.07. The molecular formula is C13H21O7P. The maximum absolute atomic E-state index is 12.2. The molecule has 0 unspecified atom stereocenters. The topological polar surface area (TPSA) is 88.1 Å². The molecule has 0 saturated carbocycles. The summed E-state index contributed by atoms with van der Waals surface area (Å²) in [5, 5.41) is 0. The van der Waals surface area contributed by atoms with E-state index in [9.17, 15) is 14.2 Å². The molecular weight excluding hydrogens is 299 g/mol. The Balaban J connectivity index is 4.32. The van der Waals surface area contributed by atoms with Gasteiger partial charge in [0.05, 0.1) is 6.16 Å². The van der Waals surface area contributed by atoms with Gasteiger partial charge in [0.15, 0.2) is 0 Å². The van der Waals surface area contributed by atoms with Gasteiger partial charge in [0, 0.05) is 11.1 Å². The van der Waals surface area contributed by atoms with Crippen LogP contribution in [0, 0.1) is 0 Å².